The molecule has 4 rings (SSSR count). The van der Waals surface area contributed by atoms with Crippen molar-refractivity contribution in [2.24, 2.45) is 5.92 Å². The Bertz CT molecular complexity index is 801. The molecule has 3 heterocycles. The first-order valence-electron chi connectivity index (χ1n) is 9.98. The summed E-state index contributed by atoms with van der Waals surface area (Å²) < 4.78 is 0. The number of benzene rings is 1. The zero-order valence-electron chi connectivity index (χ0n) is 16.3. The third kappa shape index (κ3) is 4.03. The van der Waals surface area contributed by atoms with Gasteiger partial charge in [-0.3, -0.25) is 4.79 Å². The van der Waals surface area contributed by atoms with E-state index >= 15 is 0 Å². The van der Waals surface area contributed by atoms with Crippen LogP contribution in [0.25, 0.3) is 0 Å². The molecule has 2 aromatic rings. The maximum atomic E-state index is 13.1. The van der Waals surface area contributed by atoms with Crippen molar-refractivity contribution >= 4 is 17.4 Å². The highest BCUT2D eigenvalue weighted by atomic mass is 16.3. The number of hydrogen-bond donors (Lipinski definition) is 1. The molecule has 28 heavy (non-hydrogen) atoms. The molecule has 148 valence electrons. The molecule has 7 nitrogen and oxygen atoms in total. The molecule has 0 bridgehead atoms. The molecule has 1 unspecified atom stereocenters. The molecule has 2 aliphatic heterocycles. The Morgan fingerprint density at radius 1 is 0.964 bits per heavy atom. The predicted octanol–water partition coefficient (Wildman–Crippen LogP) is 2.06. The van der Waals surface area contributed by atoms with Crippen LogP contribution in [0, 0.1) is 12.8 Å². The van der Waals surface area contributed by atoms with Gasteiger partial charge in [0.1, 0.15) is 5.75 Å². The lowest BCUT2D eigenvalue weighted by atomic mass is 9.96. The number of nitrogens with zero attached hydrogens (tertiary/aromatic N) is 5. The molecular formula is C21H27N5O2. The quantitative estimate of drug-likeness (QED) is 0.877. The highest BCUT2D eigenvalue weighted by Gasteiger charge is 2.31. The Morgan fingerprint density at radius 3 is 2.39 bits per heavy atom. The highest BCUT2D eigenvalue weighted by molar-refractivity contribution is 5.80. The lowest BCUT2D eigenvalue weighted by Crippen LogP contribution is -2.52. The highest BCUT2D eigenvalue weighted by Crippen LogP contribution is 2.25. The number of aryl methyl sites for hydroxylation is 1. The van der Waals surface area contributed by atoms with Gasteiger partial charge in [0.2, 0.25) is 5.91 Å². The zero-order chi connectivity index (χ0) is 19.5. The lowest BCUT2D eigenvalue weighted by Gasteiger charge is -2.40. The van der Waals surface area contributed by atoms with Crippen molar-refractivity contribution in [3.8, 4) is 5.75 Å². The van der Waals surface area contributed by atoms with Gasteiger partial charge in [-0.1, -0.05) is 0 Å². The molecule has 0 radical (unpaired) electrons. The van der Waals surface area contributed by atoms with Gasteiger partial charge < -0.3 is 19.8 Å². The summed E-state index contributed by atoms with van der Waals surface area (Å²) in [6.07, 6.45) is 1.94. The second-order valence-corrected chi connectivity index (χ2v) is 7.65. The Kier molecular flexibility index (Phi) is 5.32. The second kappa shape index (κ2) is 8.04. The van der Waals surface area contributed by atoms with E-state index in [0.717, 1.165) is 69.3 Å². The first kappa shape index (κ1) is 18.5. The van der Waals surface area contributed by atoms with Gasteiger partial charge in [0, 0.05) is 45.0 Å². The van der Waals surface area contributed by atoms with Gasteiger partial charge in [0.15, 0.2) is 5.82 Å². The summed E-state index contributed by atoms with van der Waals surface area (Å²) in [5.74, 6) is 1.42. The number of hydrogen-bond acceptors (Lipinski definition) is 6. The molecule has 1 amide bonds. The maximum Gasteiger partial charge on any atom is 0.227 e. The summed E-state index contributed by atoms with van der Waals surface area (Å²) in [7, 11) is 0. The van der Waals surface area contributed by atoms with E-state index in [1.165, 1.54) is 0 Å². The summed E-state index contributed by atoms with van der Waals surface area (Å²) in [6.45, 7) is 6.68. The van der Waals surface area contributed by atoms with E-state index in [9.17, 15) is 9.90 Å². The topological polar surface area (TPSA) is 72.8 Å². The fourth-order valence-corrected chi connectivity index (χ4v) is 4.05. The van der Waals surface area contributed by atoms with Gasteiger partial charge in [0.25, 0.3) is 0 Å². The van der Waals surface area contributed by atoms with Gasteiger partial charge in [-0.15, -0.1) is 5.10 Å². The van der Waals surface area contributed by atoms with Crippen LogP contribution in [0.5, 0.6) is 5.75 Å². The smallest absolute Gasteiger partial charge is 0.227 e. The zero-order valence-corrected chi connectivity index (χ0v) is 16.3. The van der Waals surface area contributed by atoms with Gasteiger partial charge in [-0.05, 0) is 56.2 Å². The van der Waals surface area contributed by atoms with E-state index in [0.29, 0.717) is 0 Å². The number of anilines is 2. The molecule has 2 saturated heterocycles. The fourth-order valence-electron chi connectivity index (χ4n) is 4.05. The number of carbonyl (C=O) groups excluding carboxylic acids is 1. The Labute approximate surface area is 165 Å². The van der Waals surface area contributed by atoms with E-state index in [4.69, 9.17) is 0 Å². The minimum Gasteiger partial charge on any atom is -0.508 e. The maximum absolute atomic E-state index is 13.1. The largest absolute Gasteiger partial charge is 0.508 e. The molecule has 1 aromatic carbocycles. The predicted molar refractivity (Wildman–Crippen MR) is 109 cm³/mol. The SMILES string of the molecule is Cc1ccc(N2CCCC(C(=O)N3CCN(c4ccc(O)cc4)CC3)C2)nn1. The number of piperazine rings is 1. The third-order valence-electron chi connectivity index (χ3n) is 5.68. The second-order valence-electron chi connectivity index (χ2n) is 7.65. The summed E-state index contributed by atoms with van der Waals surface area (Å²) in [4.78, 5) is 19.5. The van der Waals surface area contributed by atoms with Crippen LogP contribution in [0.1, 0.15) is 18.5 Å². The lowest BCUT2D eigenvalue weighted by molar-refractivity contribution is -0.136. The van der Waals surface area contributed by atoms with Crippen molar-refractivity contribution in [3.63, 3.8) is 0 Å². The van der Waals surface area contributed by atoms with Crippen molar-refractivity contribution < 1.29 is 9.90 Å². The standard InChI is InChI=1S/C21H27N5O2/c1-16-4-9-20(23-22-16)26-10-2-3-17(15-26)21(28)25-13-11-24(12-14-25)18-5-7-19(27)8-6-18/h4-9,17,27H,2-3,10-15H2,1H3. The summed E-state index contributed by atoms with van der Waals surface area (Å²) >= 11 is 0. The van der Waals surface area contributed by atoms with Crippen LogP contribution in [0.3, 0.4) is 0 Å². The third-order valence-corrected chi connectivity index (χ3v) is 5.68. The van der Waals surface area contributed by atoms with E-state index in [1.807, 2.05) is 36.1 Å². The van der Waals surface area contributed by atoms with Crippen molar-refractivity contribution in [1.29, 1.82) is 0 Å². The summed E-state index contributed by atoms with van der Waals surface area (Å²) in [5, 5.41) is 17.9. The number of aromatic hydroxyl groups is 1. The monoisotopic (exact) mass is 381 g/mol. The molecule has 1 atom stereocenters. The van der Waals surface area contributed by atoms with Crippen molar-refractivity contribution in [3.05, 3.63) is 42.1 Å². The van der Waals surface area contributed by atoms with Crippen LogP contribution in [0.4, 0.5) is 11.5 Å². The number of aromatic nitrogens is 2. The van der Waals surface area contributed by atoms with Crippen LogP contribution in [0.15, 0.2) is 36.4 Å². The van der Waals surface area contributed by atoms with Crippen LogP contribution in [-0.2, 0) is 4.79 Å². The van der Waals surface area contributed by atoms with Gasteiger partial charge in [-0.25, -0.2) is 0 Å². The normalized spacial score (nSPS) is 20.3. The number of amides is 1. The molecule has 0 saturated carbocycles. The first-order valence-corrected chi connectivity index (χ1v) is 9.98. The van der Waals surface area contributed by atoms with Gasteiger partial charge >= 0.3 is 0 Å². The molecule has 0 aliphatic carbocycles. The molecule has 1 aromatic heterocycles. The van der Waals surface area contributed by atoms with Gasteiger partial charge in [0.05, 0.1) is 11.6 Å². The molecular weight excluding hydrogens is 354 g/mol. The van der Waals surface area contributed by atoms with Crippen molar-refractivity contribution in [2.45, 2.75) is 19.8 Å². The van der Waals surface area contributed by atoms with E-state index < -0.39 is 0 Å². The van der Waals surface area contributed by atoms with Crippen LogP contribution < -0.4 is 9.80 Å². The average Bonchev–Trinajstić information content (AvgIpc) is 2.74. The number of phenols is 1. The number of phenolic OH excluding ortho intramolecular Hbond substituents is 1. The van der Waals surface area contributed by atoms with Crippen LogP contribution in [-0.4, -0.2) is 65.4 Å². The minimum absolute atomic E-state index is 0.0251. The number of carbonyl (C=O) groups is 1. The Hall–Kier alpha value is -2.83. The van der Waals surface area contributed by atoms with E-state index in [2.05, 4.69) is 20.0 Å². The molecule has 1 N–H and O–H groups in total. The first-order chi connectivity index (χ1) is 13.6. The van der Waals surface area contributed by atoms with Crippen LogP contribution >= 0.6 is 0 Å². The Morgan fingerprint density at radius 2 is 1.71 bits per heavy atom. The summed E-state index contributed by atoms with van der Waals surface area (Å²) in [6, 6.07) is 11.2. The average molecular weight is 381 g/mol. The van der Waals surface area contributed by atoms with Crippen LogP contribution in [0.2, 0.25) is 0 Å². The molecule has 7 heteroatoms. The van der Waals surface area contributed by atoms with E-state index in [1.54, 1.807) is 12.1 Å². The molecule has 2 aliphatic rings. The van der Waals surface area contributed by atoms with Crippen molar-refractivity contribution in [2.75, 3.05) is 49.1 Å². The fraction of sp³-hybridized carbons (Fsp3) is 0.476. The Balaban J connectivity index is 1.34. The number of piperidine rings is 1. The van der Waals surface area contributed by atoms with Gasteiger partial charge in [-0.2, -0.15) is 5.10 Å². The van der Waals surface area contributed by atoms with Crippen molar-refractivity contribution in [1.82, 2.24) is 15.1 Å². The minimum atomic E-state index is 0.0251. The molecule has 0 spiro atoms. The summed E-state index contributed by atoms with van der Waals surface area (Å²) in [5.41, 5.74) is 1.99. The number of rotatable bonds is 3. The van der Waals surface area contributed by atoms with E-state index in [-0.39, 0.29) is 17.6 Å². The molecule has 2 fully saturated rings.